The number of rotatable bonds is 7. The number of carbonyl (C=O) groups is 1. The van der Waals surface area contributed by atoms with Crippen LogP contribution in [0, 0.1) is 5.82 Å². The predicted octanol–water partition coefficient (Wildman–Crippen LogP) is 1.28. The topological polar surface area (TPSA) is 127 Å². The Labute approximate surface area is 159 Å². The van der Waals surface area contributed by atoms with Crippen LogP contribution in [0.5, 0.6) is 0 Å². The van der Waals surface area contributed by atoms with Crippen LogP contribution in [0.4, 0.5) is 4.39 Å². The number of aliphatic carboxylic acids is 1. The predicted molar refractivity (Wildman–Crippen MR) is 96.2 cm³/mol. The number of halogens is 1. The third-order valence-corrected chi connectivity index (χ3v) is 5.37. The van der Waals surface area contributed by atoms with Crippen molar-refractivity contribution in [3.63, 3.8) is 0 Å². The Balaban J connectivity index is 1.74. The molecule has 0 bridgehead atoms. The van der Waals surface area contributed by atoms with Crippen molar-refractivity contribution >= 4 is 16.0 Å². The molecule has 146 valence electrons. The van der Waals surface area contributed by atoms with Crippen LogP contribution < -0.4 is 4.72 Å². The number of carboxylic acid groups (broad SMARTS) is 1. The maximum atomic E-state index is 12.9. The molecule has 1 atom stereocenters. The molecule has 3 rings (SSSR count). The highest BCUT2D eigenvalue weighted by atomic mass is 32.2. The average Bonchev–Trinajstić information content (AvgIpc) is 3.12. The monoisotopic (exact) mass is 405 g/mol. The quantitative estimate of drug-likeness (QED) is 0.606. The van der Waals surface area contributed by atoms with Gasteiger partial charge in [0.25, 0.3) is 0 Å². The summed E-state index contributed by atoms with van der Waals surface area (Å²) in [6, 6.07) is 10.3. The van der Waals surface area contributed by atoms with Crippen molar-refractivity contribution in [2.75, 3.05) is 0 Å². The number of carboxylic acids is 1. The molecule has 1 heterocycles. The van der Waals surface area contributed by atoms with E-state index in [2.05, 4.69) is 20.1 Å². The summed E-state index contributed by atoms with van der Waals surface area (Å²) in [5.41, 5.74) is 1.33. The average molecular weight is 405 g/mol. The van der Waals surface area contributed by atoms with Crippen LogP contribution in [-0.2, 0) is 21.4 Å². The van der Waals surface area contributed by atoms with Crippen LogP contribution in [0.2, 0.25) is 0 Å². The summed E-state index contributed by atoms with van der Waals surface area (Å²) in [4.78, 5) is 12.1. The number of tetrazole rings is 1. The van der Waals surface area contributed by atoms with Crippen molar-refractivity contribution in [1.82, 2.24) is 24.9 Å². The summed E-state index contributed by atoms with van der Waals surface area (Å²) in [6.45, 7) is 1.54. The fourth-order valence-electron chi connectivity index (χ4n) is 2.31. The van der Waals surface area contributed by atoms with Crippen molar-refractivity contribution in [2.45, 2.75) is 24.4 Å². The van der Waals surface area contributed by atoms with Crippen molar-refractivity contribution in [3.8, 4) is 11.4 Å². The first-order valence-corrected chi connectivity index (χ1v) is 9.61. The van der Waals surface area contributed by atoms with Crippen LogP contribution >= 0.6 is 0 Å². The van der Waals surface area contributed by atoms with Gasteiger partial charge in [0.15, 0.2) is 0 Å². The lowest BCUT2D eigenvalue weighted by Gasteiger charge is -2.10. The summed E-state index contributed by atoms with van der Waals surface area (Å²) in [7, 11) is -3.97. The molecular weight excluding hydrogens is 389 g/mol. The molecule has 11 heteroatoms. The van der Waals surface area contributed by atoms with Gasteiger partial charge in [-0.15, -0.1) is 10.2 Å². The molecule has 9 nitrogen and oxygen atoms in total. The molecule has 0 saturated heterocycles. The number of sulfonamides is 1. The second-order valence-corrected chi connectivity index (χ2v) is 7.69. The fraction of sp³-hybridized carbons (Fsp3) is 0.176. The molecule has 3 aromatic rings. The second kappa shape index (κ2) is 7.82. The maximum absolute atomic E-state index is 12.9. The van der Waals surface area contributed by atoms with Crippen LogP contribution in [-0.4, -0.2) is 45.7 Å². The highest BCUT2D eigenvalue weighted by molar-refractivity contribution is 7.89. The SMILES string of the molecule is CC(NS(=O)(=O)c1ccc(-c2nnn(Cc3ccc(F)cc3)n2)cc1)C(=O)O. The van der Waals surface area contributed by atoms with Gasteiger partial charge in [0, 0.05) is 5.56 Å². The molecule has 0 aliphatic heterocycles. The van der Waals surface area contributed by atoms with Crippen LogP contribution in [0.15, 0.2) is 53.4 Å². The number of nitrogens with zero attached hydrogens (tertiary/aromatic N) is 4. The maximum Gasteiger partial charge on any atom is 0.321 e. The zero-order valence-electron chi connectivity index (χ0n) is 14.7. The van der Waals surface area contributed by atoms with E-state index in [0.29, 0.717) is 12.1 Å². The normalized spacial score (nSPS) is 12.6. The molecule has 1 unspecified atom stereocenters. The lowest BCUT2D eigenvalue weighted by Crippen LogP contribution is -2.38. The van der Waals surface area contributed by atoms with E-state index in [1.807, 2.05) is 0 Å². The molecule has 28 heavy (non-hydrogen) atoms. The minimum atomic E-state index is -3.97. The minimum absolute atomic E-state index is 0.0805. The Morgan fingerprint density at radius 3 is 2.43 bits per heavy atom. The first-order chi connectivity index (χ1) is 13.2. The molecule has 0 fully saturated rings. The van der Waals surface area contributed by atoms with Crippen LogP contribution in [0.3, 0.4) is 0 Å². The number of benzene rings is 2. The summed E-state index contributed by atoms with van der Waals surface area (Å²) in [6.07, 6.45) is 0. The molecule has 2 N–H and O–H groups in total. The third kappa shape index (κ3) is 4.56. The van der Waals surface area contributed by atoms with E-state index < -0.39 is 22.0 Å². The first-order valence-electron chi connectivity index (χ1n) is 8.12. The summed E-state index contributed by atoms with van der Waals surface area (Å²) >= 11 is 0. The van der Waals surface area contributed by atoms with Gasteiger partial charge in [0.2, 0.25) is 15.8 Å². The van der Waals surface area contributed by atoms with Crippen molar-refractivity contribution in [1.29, 1.82) is 0 Å². The van der Waals surface area contributed by atoms with Crippen molar-refractivity contribution in [2.24, 2.45) is 0 Å². The Morgan fingerprint density at radius 2 is 1.82 bits per heavy atom. The van der Waals surface area contributed by atoms with Crippen LogP contribution in [0.25, 0.3) is 11.4 Å². The Morgan fingerprint density at radius 1 is 1.18 bits per heavy atom. The molecule has 0 radical (unpaired) electrons. The second-order valence-electron chi connectivity index (χ2n) is 5.98. The number of hydrogen-bond acceptors (Lipinski definition) is 6. The van der Waals surface area contributed by atoms with Gasteiger partial charge in [-0.25, -0.2) is 12.8 Å². The van der Waals surface area contributed by atoms with E-state index in [1.54, 1.807) is 12.1 Å². The molecule has 0 aliphatic rings. The molecular formula is C17H16FN5O4S. The van der Waals surface area contributed by atoms with E-state index in [9.17, 15) is 17.6 Å². The molecule has 0 amide bonds. The third-order valence-electron chi connectivity index (χ3n) is 3.82. The highest BCUT2D eigenvalue weighted by Gasteiger charge is 2.21. The van der Waals surface area contributed by atoms with Crippen molar-refractivity contribution < 1.29 is 22.7 Å². The van der Waals surface area contributed by atoms with Crippen LogP contribution in [0.1, 0.15) is 12.5 Å². The van der Waals surface area contributed by atoms with E-state index in [0.717, 1.165) is 5.56 Å². The highest BCUT2D eigenvalue weighted by Crippen LogP contribution is 2.18. The van der Waals surface area contributed by atoms with E-state index >= 15 is 0 Å². The number of nitrogens with one attached hydrogen (secondary N) is 1. The number of hydrogen-bond donors (Lipinski definition) is 2. The van der Waals surface area contributed by atoms with Gasteiger partial charge in [0.05, 0.1) is 11.4 Å². The molecule has 0 saturated carbocycles. The zero-order valence-corrected chi connectivity index (χ0v) is 15.5. The van der Waals surface area contributed by atoms with Gasteiger partial charge in [0.1, 0.15) is 11.9 Å². The first kappa shape index (κ1) is 19.6. The standard InChI is InChI=1S/C17H16FN5O4S/c1-11(17(24)25)21-28(26,27)15-8-4-13(5-9-15)16-19-22-23(20-16)10-12-2-6-14(18)7-3-12/h2-9,11,21H,10H2,1H3,(H,24,25). The molecule has 1 aromatic heterocycles. The Bertz CT molecular complexity index is 1080. The van der Waals surface area contributed by atoms with Gasteiger partial charge >= 0.3 is 5.97 Å². The van der Waals surface area contributed by atoms with Gasteiger partial charge in [-0.2, -0.15) is 9.52 Å². The van der Waals surface area contributed by atoms with Crippen molar-refractivity contribution in [3.05, 3.63) is 59.9 Å². The van der Waals surface area contributed by atoms with E-state index in [1.165, 1.54) is 48.1 Å². The Kier molecular flexibility index (Phi) is 5.47. The fourth-order valence-corrected chi connectivity index (χ4v) is 3.51. The summed E-state index contributed by atoms with van der Waals surface area (Å²) in [5.74, 6) is -1.32. The molecule has 0 aliphatic carbocycles. The smallest absolute Gasteiger partial charge is 0.321 e. The number of aromatic nitrogens is 4. The summed E-state index contributed by atoms with van der Waals surface area (Å²) < 4.78 is 39.4. The molecule has 0 spiro atoms. The summed E-state index contributed by atoms with van der Waals surface area (Å²) in [5, 5.41) is 20.9. The molecule has 2 aromatic carbocycles. The minimum Gasteiger partial charge on any atom is -0.480 e. The Hall–Kier alpha value is -3.18. The van der Waals surface area contributed by atoms with Gasteiger partial charge < -0.3 is 5.11 Å². The largest absolute Gasteiger partial charge is 0.480 e. The lowest BCUT2D eigenvalue weighted by molar-refractivity contribution is -0.138. The van der Waals surface area contributed by atoms with Gasteiger partial charge in [-0.05, 0) is 54.1 Å². The lowest BCUT2D eigenvalue weighted by atomic mass is 10.2. The van der Waals surface area contributed by atoms with Gasteiger partial charge in [-0.1, -0.05) is 12.1 Å². The zero-order chi connectivity index (χ0) is 20.3. The van der Waals surface area contributed by atoms with E-state index in [4.69, 9.17) is 5.11 Å². The van der Waals surface area contributed by atoms with E-state index in [-0.39, 0.29) is 16.5 Å². The van der Waals surface area contributed by atoms with Gasteiger partial charge in [-0.3, -0.25) is 4.79 Å².